The highest BCUT2D eigenvalue weighted by molar-refractivity contribution is 6.30. The first-order valence-corrected chi connectivity index (χ1v) is 14.5. The van der Waals surface area contributed by atoms with Crippen molar-refractivity contribution in [2.24, 2.45) is 0 Å². The molecular weight excluding hydrogens is 526 g/mol. The Kier molecular flexibility index (Phi) is 4.39. The summed E-state index contributed by atoms with van der Waals surface area (Å²) in [5, 5.41) is 8.31. The quantitative estimate of drug-likeness (QED) is 0.202. The molecule has 0 unspecified atom stereocenters. The summed E-state index contributed by atoms with van der Waals surface area (Å²) in [6, 6.07) is 43.5. The zero-order valence-corrected chi connectivity index (χ0v) is 23.0. The smallest absolute Gasteiger partial charge is 0.146 e. The second-order valence-corrected chi connectivity index (χ2v) is 11.1. The molecule has 10 aromatic rings. The molecule has 0 aliphatic heterocycles. The number of imidazole rings is 1. The summed E-state index contributed by atoms with van der Waals surface area (Å²) in [7, 11) is 0. The summed E-state index contributed by atoms with van der Waals surface area (Å²) in [5.41, 5.74) is 8.83. The lowest BCUT2D eigenvalue weighted by Gasteiger charge is -2.11. The van der Waals surface area contributed by atoms with E-state index in [0.29, 0.717) is 0 Å². The molecule has 5 aromatic carbocycles. The first-order chi connectivity index (χ1) is 21.4. The molecule has 0 N–H and O–H groups in total. The van der Waals surface area contributed by atoms with Crippen molar-refractivity contribution in [1.29, 1.82) is 0 Å². The van der Waals surface area contributed by atoms with Crippen LogP contribution in [0.2, 0.25) is 0 Å². The van der Waals surface area contributed by atoms with Crippen LogP contribution in [0, 0.1) is 0 Å². The van der Waals surface area contributed by atoms with Gasteiger partial charge in [-0.3, -0.25) is 4.40 Å². The van der Waals surface area contributed by atoms with Crippen LogP contribution >= 0.6 is 0 Å². The van der Waals surface area contributed by atoms with E-state index in [2.05, 4.69) is 129 Å². The van der Waals surface area contributed by atoms with Crippen molar-refractivity contribution in [1.82, 2.24) is 23.5 Å². The summed E-state index contributed by atoms with van der Waals surface area (Å²) < 4.78 is 6.92. The van der Waals surface area contributed by atoms with Gasteiger partial charge in [0.15, 0.2) is 0 Å². The highest BCUT2D eigenvalue weighted by Gasteiger charge is 2.22. The molecule has 0 amide bonds. The number of pyridine rings is 2. The lowest BCUT2D eigenvalue weighted by molar-refractivity contribution is 1.16. The van der Waals surface area contributed by atoms with Crippen molar-refractivity contribution in [2.45, 2.75) is 0 Å². The fourth-order valence-electron chi connectivity index (χ4n) is 7.20. The summed E-state index contributed by atoms with van der Waals surface area (Å²) in [5.74, 6) is 0. The molecule has 0 radical (unpaired) electrons. The van der Waals surface area contributed by atoms with Crippen LogP contribution in [0.25, 0.3) is 82.4 Å². The number of benzene rings is 5. The summed E-state index contributed by atoms with van der Waals surface area (Å²) in [6.45, 7) is 0. The van der Waals surface area contributed by atoms with Gasteiger partial charge in [-0.05, 0) is 66.0 Å². The molecule has 5 nitrogen and oxygen atoms in total. The molecule has 5 aromatic heterocycles. The molecule has 0 aliphatic rings. The second-order valence-electron chi connectivity index (χ2n) is 11.1. The molecule has 0 bridgehead atoms. The van der Waals surface area contributed by atoms with Crippen LogP contribution in [0.4, 0.5) is 0 Å². The lowest BCUT2D eigenvalue weighted by atomic mass is 10.0. The molecule has 0 spiro atoms. The van der Waals surface area contributed by atoms with Crippen LogP contribution in [0.5, 0.6) is 0 Å². The minimum Gasteiger partial charge on any atom is -0.309 e. The van der Waals surface area contributed by atoms with E-state index in [-0.39, 0.29) is 0 Å². The first kappa shape index (κ1) is 22.7. The van der Waals surface area contributed by atoms with Gasteiger partial charge in [-0.2, -0.15) is 0 Å². The zero-order valence-electron chi connectivity index (χ0n) is 23.0. The van der Waals surface area contributed by atoms with Gasteiger partial charge in [-0.25, -0.2) is 9.97 Å². The Morgan fingerprint density at radius 3 is 1.88 bits per heavy atom. The maximum absolute atomic E-state index is 4.90. The van der Waals surface area contributed by atoms with Crippen LogP contribution in [-0.4, -0.2) is 23.5 Å². The van der Waals surface area contributed by atoms with Crippen LogP contribution in [0.15, 0.2) is 140 Å². The monoisotopic (exact) mass is 549 g/mol. The van der Waals surface area contributed by atoms with E-state index in [4.69, 9.17) is 9.97 Å². The third kappa shape index (κ3) is 2.95. The van der Waals surface area contributed by atoms with Crippen molar-refractivity contribution in [3.05, 3.63) is 140 Å². The fourth-order valence-corrected chi connectivity index (χ4v) is 7.20. The molecule has 0 saturated heterocycles. The topological polar surface area (TPSA) is 40.0 Å². The average molecular weight is 550 g/mol. The fraction of sp³-hybridized carbons (Fsp3) is 0. The van der Waals surface area contributed by atoms with E-state index >= 15 is 0 Å². The Morgan fingerprint density at radius 1 is 0.395 bits per heavy atom. The van der Waals surface area contributed by atoms with Crippen molar-refractivity contribution in [2.75, 3.05) is 0 Å². The van der Waals surface area contributed by atoms with Gasteiger partial charge in [-0.1, -0.05) is 60.7 Å². The largest absolute Gasteiger partial charge is 0.309 e. The van der Waals surface area contributed by atoms with Crippen molar-refractivity contribution in [3.63, 3.8) is 0 Å². The molecule has 5 heterocycles. The molecule has 10 rings (SSSR count). The predicted molar refractivity (Wildman–Crippen MR) is 177 cm³/mol. The van der Waals surface area contributed by atoms with E-state index in [1.54, 1.807) is 0 Å². The maximum Gasteiger partial charge on any atom is 0.146 e. The number of nitrogens with zero attached hydrogens (tertiary/aromatic N) is 5. The van der Waals surface area contributed by atoms with E-state index in [9.17, 15) is 0 Å². The van der Waals surface area contributed by atoms with Gasteiger partial charge in [0.25, 0.3) is 0 Å². The van der Waals surface area contributed by atoms with Crippen molar-refractivity contribution < 1.29 is 0 Å². The van der Waals surface area contributed by atoms with E-state index in [1.807, 2.05) is 24.7 Å². The number of fused-ring (bicyclic) bond motifs is 13. The van der Waals surface area contributed by atoms with Crippen molar-refractivity contribution >= 4 is 71.1 Å². The van der Waals surface area contributed by atoms with Crippen LogP contribution in [0.1, 0.15) is 0 Å². The van der Waals surface area contributed by atoms with Gasteiger partial charge < -0.3 is 9.13 Å². The molecule has 0 saturated carbocycles. The molecule has 0 atom stereocenters. The lowest BCUT2D eigenvalue weighted by Crippen LogP contribution is -1.96. The predicted octanol–water partition coefficient (Wildman–Crippen LogP) is 9.23. The summed E-state index contributed by atoms with van der Waals surface area (Å²) in [6.07, 6.45) is 5.75. The summed E-state index contributed by atoms with van der Waals surface area (Å²) >= 11 is 0. The van der Waals surface area contributed by atoms with E-state index in [0.717, 1.165) is 49.9 Å². The molecule has 200 valence electrons. The Hall–Kier alpha value is -5.94. The molecular formula is C38H23N5. The maximum atomic E-state index is 4.90. The first-order valence-electron chi connectivity index (χ1n) is 14.5. The third-order valence-electron chi connectivity index (χ3n) is 8.92. The molecule has 0 fully saturated rings. The van der Waals surface area contributed by atoms with E-state index in [1.165, 1.54) is 32.6 Å². The molecule has 0 aliphatic carbocycles. The van der Waals surface area contributed by atoms with Gasteiger partial charge in [0, 0.05) is 62.3 Å². The number of hydrogen-bond acceptors (Lipinski definition) is 2. The Morgan fingerprint density at radius 2 is 1.07 bits per heavy atom. The highest BCUT2D eigenvalue weighted by Crippen LogP contribution is 2.43. The average Bonchev–Trinajstić information content (AvgIpc) is 3.77. The van der Waals surface area contributed by atoms with Crippen molar-refractivity contribution in [3.8, 4) is 11.4 Å². The zero-order chi connectivity index (χ0) is 28.1. The van der Waals surface area contributed by atoms with Gasteiger partial charge in [-0.15, -0.1) is 0 Å². The Balaban J connectivity index is 1.49. The van der Waals surface area contributed by atoms with Crippen LogP contribution in [-0.2, 0) is 0 Å². The molecule has 43 heavy (non-hydrogen) atoms. The molecule has 5 heteroatoms. The number of aromatic nitrogens is 5. The normalized spacial score (nSPS) is 12.2. The Labute approximate surface area is 245 Å². The SMILES string of the molecule is c1ccc(-n2c3ccccc3c3cc4c5c6c(ccc5n(-c5ccccc5)c4cc32)c2cccnc2n2ccnc62)cc1. The summed E-state index contributed by atoms with van der Waals surface area (Å²) in [4.78, 5) is 9.65. The number of rotatable bonds is 2. The minimum atomic E-state index is 0.918. The van der Waals surface area contributed by atoms with Crippen LogP contribution < -0.4 is 0 Å². The third-order valence-corrected chi connectivity index (χ3v) is 8.92. The van der Waals surface area contributed by atoms with Gasteiger partial charge in [0.1, 0.15) is 11.3 Å². The second kappa shape index (κ2) is 8.30. The van der Waals surface area contributed by atoms with E-state index < -0.39 is 0 Å². The Bertz CT molecular complexity index is 2710. The highest BCUT2D eigenvalue weighted by atomic mass is 15.0. The standard InChI is InChI=1S/C38H23N5/c1-3-10-24(11-4-1)42-31-16-8-7-14-26(31)29-22-30-34(23-33(29)42)43(25-12-5-2-6-13-25)32-18-17-27-28-15-9-19-39-37(28)41-21-20-40-38(41)36(27)35(30)32/h1-23H. The number of para-hydroxylation sites is 3. The number of hydrogen-bond donors (Lipinski definition) is 0. The van der Waals surface area contributed by atoms with Gasteiger partial charge >= 0.3 is 0 Å². The van der Waals surface area contributed by atoms with Gasteiger partial charge in [0.2, 0.25) is 0 Å². The van der Waals surface area contributed by atoms with Crippen LogP contribution in [0.3, 0.4) is 0 Å². The van der Waals surface area contributed by atoms with Gasteiger partial charge in [0.05, 0.1) is 22.1 Å². The minimum absolute atomic E-state index is 0.918.